The van der Waals surface area contributed by atoms with E-state index in [0.717, 1.165) is 5.56 Å². The number of sulfonamides is 1. The van der Waals surface area contributed by atoms with Gasteiger partial charge in [-0.05, 0) is 41.7 Å². The van der Waals surface area contributed by atoms with Crippen LogP contribution in [0.15, 0.2) is 47.4 Å². The van der Waals surface area contributed by atoms with Gasteiger partial charge in [0, 0.05) is 13.6 Å². The molecular weight excluding hydrogens is 336 g/mol. The van der Waals surface area contributed by atoms with Crippen LogP contribution in [0.25, 0.3) is 0 Å². The Bertz CT molecular complexity index is 882. The molecule has 0 aromatic heterocycles. The highest BCUT2D eigenvalue weighted by molar-refractivity contribution is 7.89. The second-order valence-electron chi connectivity index (χ2n) is 6.27. The number of hydrogen-bond donors (Lipinski definition) is 1. The van der Waals surface area contributed by atoms with Gasteiger partial charge in [0.15, 0.2) is 0 Å². The molecule has 25 heavy (non-hydrogen) atoms. The van der Waals surface area contributed by atoms with Crippen molar-refractivity contribution in [1.29, 1.82) is 5.26 Å². The highest BCUT2D eigenvalue weighted by Gasteiger charge is 2.24. The Morgan fingerprint density at radius 3 is 2.36 bits per heavy atom. The lowest BCUT2D eigenvalue weighted by atomic mass is 10.0. The molecule has 2 aromatic rings. The summed E-state index contributed by atoms with van der Waals surface area (Å²) in [6.45, 7) is 4.52. The van der Waals surface area contributed by atoms with Gasteiger partial charge in [-0.3, -0.25) is 0 Å². The average molecular weight is 358 g/mol. The van der Waals surface area contributed by atoms with Crippen LogP contribution in [0.5, 0.6) is 5.75 Å². The van der Waals surface area contributed by atoms with E-state index in [0.29, 0.717) is 12.3 Å². The standard InChI is InChI=1S/C19H22N2O3S/c1-14(2)17-7-4-15(5-8-17)10-11-21(3)25(23,24)19-12-16(13-20)6-9-18(19)22/h4-9,12,14,22H,10-11H2,1-3H3. The largest absolute Gasteiger partial charge is 0.507 e. The SMILES string of the molecule is CC(C)c1ccc(CCN(C)S(=O)(=O)c2cc(C#N)ccc2O)cc1. The van der Waals surface area contributed by atoms with Crippen molar-refractivity contribution in [3.05, 3.63) is 59.2 Å². The zero-order valence-corrected chi connectivity index (χ0v) is 15.4. The molecule has 0 fully saturated rings. The molecule has 0 radical (unpaired) electrons. The first-order valence-electron chi connectivity index (χ1n) is 8.04. The third kappa shape index (κ3) is 4.38. The molecule has 0 saturated heterocycles. The van der Waals surface area contributed by atoms with Crippen LogP contribution < -0.4 is 0 Å². The van der Waals surface area contributed by atoms with Crippen LogP contribution in [0.1, 0.15) is 36.5 Å². The molecule has 2 aromatic carbocycles. The molecule has 0 aliphatic carbocycles. The summed E-state index contributed by atoms with van der Waals surface area (Å²) >= 11 is 0. The van der Waals surface area contributed by atoms with Gasteiger partial charge in [-0.2, -0.15) is 5.26 Å². The van der Waals surface area contributed by atoms with Crippen molar-refractivity contribution in [2.24, 2.45) is 0 Å². The van der Waals surface area contributed by atoms with Crippen LogP contribution in [0.3, 0.4) is 0 Å². The first kappa shape index (κ1) is 19.0. The summed E-state index contributed by atoms with van der Waals surface area (Å²) in [5, 5.41) is 18.8. The van der Waals surface area contributed by atoms with Gasteiger partial charge in [-0.25, -0.2) is 12.7 Å². The van der Waals surface area contributed by atoms with Gasteiger partial charge in [-0.15, -0.1) is 0 Å². The molecule has 0 unspecified atom stereocenters. The van der Waals surface area contributed by atoms with Crippen LogP contribution >= 0.6 is 0 Å². The van der Waals surface area contributed by atoms with Gasteiger partial charge in [0.1, 0.15) is 10.6 Å². The fourth-order valence-corrected chi connectivity index (χ4v) is 3.71. The van der Waals surface area contributed by atoms with E-state index in [1.807, 2.05) is 18.2 Å². The first-order valence-corrected chi connectivity index (χ1v) is 9.48. The van der Waals surface area contributed by atoms with Crippen LogP contribution in [0, 0.1) is 11.3 Å². The lowest BCUT2D eigenvalue weighted by molar-refractivity contribution is 0.442. The smallest absolute Gasteiger partial charge is 0.246 e. The quantitative estimate of drug-likeness (QED) is 0.859. The number of phenolic OH excluding ortho intramolecular Hbond substituents is 1. The van der Waals surface area contributed by atoms with Gasteiger partial charge in [0.05, 0.1) is 11.6 Å². The van der Waals surface area contributed by atoms with Crippen molar-refractivity contribution >= 4 is 10.0 Å². The second kappa shape index (κ2) is 7.68. The van der Waals surface area contributed by atoms with Gasteiger partial charge in [0.2, 0.25) is 10.0 Å². The predicted molar refractivity (Wildman–Crippen MR) is 96.9 cm³/mol. The fraction of sp³-hybridized carbons (Fsp3) is 0.316. The Balaban J connectivity index is 2.14. The summed E-state index contributed by atoms with van der Waals surface area (Å²) in [5.74, 6) is 0.0969. The summed E-state index contributed by atoms with van der Waals surface area (Å²) < 4.78 is 26.5. The predicted octanol–water partition coefficient (Wildman–Crippen LogP) is 3.25. The van der Waals surface area contributed by atoms with Gasteiger partial charge in [0.25, 0.3) is 0 Å². The molecule has 6 heteroatoms. The zero-order chi connectivity index (χ0) is 18.6. The number of hydrogen-bond acceptors (Lipinski definition) is 4. The number of benzene rings is 2. The van der Waals surface area contributed by atoms with Crippen molar-refractivity contribution in [1.82, 2.24) is 4.31 Å². The van der Waals surface area contributed by atoms with E-state index < -0.39 is 10.0 Å². The van der Waals surface area contributed by atoms with E-state index in [-0.39, 0.29) is 22.8 Å². The molecule has 5 nitrogen and oxygen atoms in total. The first-order chi connectivity index (χ1) is 11.8. The Morgan fingerprint density at radius 2 is 1.80 bits per heavy atom. The maximum absolute atomic E-state index is 12.6. The summed E-state index contributed by atoms with van der Waals surface area (Å²) in [5.41, 5.74) is 2.47. The molecule has 0 atom stereocenters. The van der Waals surface area contributed by atoms with Gasteiger partial charge in [-0.1, -0.05) is 38.1 Å². The topological polar surface area (TPSA) is 81.4 Å². The minimum atomic E-state index is -3.86. The molecule has 0 saturated carbocycles. The van der Waals surface area contributed by atoms with Gasteiger partial charge < -0.3 is 5.11 Å². The number of nitrogens with zero attached hydrogens (tertiary/aromatic N) is 2. The van der Waals surface area contributed by atoms with Crippen LogP contribution in [-0.4, -0.2) is 31.4 Å². The number of aromatic hydroxyl groups is 1. The second-order valence-corrected chi connectivity index (χ2v) is 8.28. The fourth-order valence-electron chi connectivity index (χ4n) is 2.43. The summed E-state index contributed by atoms with van der Waals surface area (Å²) in [4.78, 5) is -0.246. The zero-order valence-electron chi connectivity index (χ0n) is 14.6. The summed E-state index contributed by atoms with van der Waals surface area (Å²) in [6.07, 6.45) is 0.562. The molecule has 0 bridgehead atoms. The third-order valence-corrected chi connectivity index (χ3v) is 6.02. The monoisotopic (exact) mass is 358 g/mol. The van der Waals surface area contributed by atoms with E-state index in [2.05, 4.69) is 26.0 Å². The highest BCUT2D eigenvalue weighted by atomic mass is 32.2. The van der Waals surface area contributed by atoms with Crippen molar-refractivity contribution in [2.75, 3.05) is 13.6 Å². The molecule has 0 spiro atoms. The number of rotatable bonds is 6. The molecular formula is C19H22N2O3S. The summed E-state index contributed by atoms with van der Waals surface area (Å²) in [6, 6.07) is 13.8. The maximum Gasteiger partial charge on any atom is 0.246 e. The normalized spacial score (nSPS) is 11.7. The molecule has 0 aliphatic heterocycles. The van der Waals surface area contributed by atoms with Crippen LogP contribution in [0.2, 0.25) is 0 Å². The number of likely N-dealkylation sites (N-methyl/N-ethyl adjacent to an activating group) is 1. The van der Waals surface area contributed by atoms with E-state index >= 15 is 0 Å². The van der Waals surface area contributed by atoms with Crippen molar-refractivity contribution in [3.8, 4) is 11.8 Å². The van der Waals surface area contributed by atoms with E-state index in [4.69, 9.17) is 5.26 Å². The Labute approximate surface area is 149 Å². The molecule has 2 rings (SSSR count). The van der Waals surface area contributed by atoms with Crippen LogP contribution in [-0.2, 0) is 16.4 Å². The van der Waals surface area contributed by atoms with Crippen molar-refractivity contribution in [2.45, 2.75) is 31.1 Å². The molecule has 0 heterocycles. The highest BCUT2D eigenvalue weighted by Crippen LogP contribution is 2.26. The molecule has 1 N–H and O–H groups in total. The number of phenols is 1. The van der Waals surface area contributed by atoms with Crippen LogP contribution in [0.4, 0.5) is 0 Å². The lowest BCUT2D eigenvalue weighted by Gasteiger charge is -2.18. The maximum atomic E-state index is 12.6. The summed E-state index contributed by atoms with van der Waals surface area (Å²) in [7, 11) is -2.39. The number of nitriles is 1. The minimum Gasteiger partial charge on any atom is -0.507 e. The molecule has 132 valence electrons. The van der Waals surface area contributed by atoms with E-state index in [1.165, 1.54) is 35.1 Å². The van der Waals surface area contributed by atoms with Crippen molar-refractivity contribution in [3.63, 3.8) is 0 Å². The molecule has 0 amide bonds. The minimum absolute atomic E-state index is 0.189. The Morgan fingerprint density at radius 1 is 1.16 bits per heavy atom. The Hall–Kier alpha value is -2.36. The van der Waals surface area contributed by atoms with Gasteiger partial charge >= 0.3 is 0 Å². The van der Waals surface area contributed by atoms with E-state index in [1.54, 1.807) is 0 Å². The van der Waals surface area contributed by atoms with E-state index in [9.17, 15) is 13.5 Å². The molecule has 0 aliphatic rings. The lowest BCUT2D eigenvalue weighted by Crippen LogP contribution is -2.29. The Kier molecular flexibility index (Phi) is 5.83. The average Bonchev–Trinajstić information content (AvgIpc) is 2.60. The van der Waals surface area contributed by atoms with Crippen molar-refractivity contribution < 1.29 is 13.5 Å². The third-order valence-electron chi connectivity index (χ3n) is 4.14.